The smallest absolute Gasteiger partial charge is 0.0364 e. The molecule has 1 N–H and O–H groups in total. The first kappa shape index (κ1) is 18.0. The lowest BCUT2D eigenvalue weighted by Crippen LogP contribution is -2.36. The van der Waals surface area contributed by atoms with Crippen LogP contribution in [0, 0.1) is 0 Å². The van der Waals surface area contributed by atoms with Crippen LogP contribution in [-0.2, 0) is 0 Å². The second-order valence-electron chi connectivity index (χ2n) is 3.59. The van der Waals surface area contributed by atoms with Crippen molar-refractivity contribution >= 4 is 22.9 Å². The fourth-order valence-electron chi connectivity index (χ4n) is 1.43. The van der Waals surface area contributed by atoms with Gasteiger partial charge in [0.1, 0.15) is 0 Å². The van der Waals surface area contributed by atoms with Crippen LogP contribution in [-0.4, -0.2) is 16.3 Å². The van der Waals surface area contributed by atoms with E-state index in [1.54, 1.807) is 0 Å². The highest BCUT2D eigenvalue weighted by Crippen LogP contribution is 2.09. The highest BCUT2D eigenvalue weighted by atomic mass is 127. The van der Waals surface area contributed by atoms with E-state index in [1.165, 1.54) is 38.5 Å². The molecule has 0 aromatic carbocycles. The van der Waals surface area contributed by atoms with Crippen LogP contribution in [0.4, 0.5) is 0 Å². The average molecular weight is 328 g/mol. The molecule has 0 aliphatic rings. The van der Waals surface area contributed by atoms with Crippen LogP contribution in [0.25, 0.3) is 0 Å². The van der Waals surface area contributed by atoms with Crippen molar-refractivity contribution in [1.29, 1.82) is 0 Å². The number of unbranched alkanes of at least 4 members (excludes halogenated alkanes) is 2. The van der Waals surface area contributed by atoms with Gasteiger partial charge in [-0.25, -0.2) is 5.43 Å². The number of halogens is 1. The van der Waals surface area contributed by atoms with Gasteiger partial charge in [0.25, 0.3) is 0 Å². The van der Waals surface area contributed by atoms with Crippen LogP contribution in [0.1, 0.15) is 66.2 Å². The van der Waals surface area contributed by atoms with Crippen LogP contribution in [0.5, 0.6) is 0 Å². The molecule has 0 unspecified atom stereocenters. The van der Waals surface area contributed by atoms with Gasteiger partial charge < -0.3 is 0 Å². The summed E-state index contributed by atoms with van der Waals surface area (Å²) in [5.41, 5.74) is 3.47. The van der Waals surface area contributed by atoms with Gasteiger partial charge in [-0.15, -0.1) is 0 Å². The third-order valence-electron chi connectivity index (χ3n) is 2.17. The summed E-state index contributed by atoms with van der Waals surface area (Å²) in [5, 5.41) is 0. The summed E-state index contributed by atoms with van der Waals surface area (Å²) < 4.78 is 2.05. The van der Waals surface area contributed by atoms with Gasteiger partial charge in [0.2, 0.25) is 0 Å². The zero-order valence-electron chi connectivity index (χ0n) is 11.1. The predicted molar refractivity (Wildman–Crippen MR) is 79.1 cm³/mol. The maximum absolute atomic E-state index is 3.47. The molecule has 94 valence electrons. The van der Waals surface area contributed by atoms with E-state index < -0.39 is 0 Å². The van der Waals surface area contributed by atoms with Crippen molar-refractivity contribution in [3.05, 3.63) is 0 Å². The number of rotatable bonds is 8. The molecule has 2 nitrogen and oxygen atoms in total. The molecule has 0 amide bonds. The first-order valence-electron chi connectivity index (χ1n) is 6.36. The Morgan fingerprint density at radius 3 is 1.73 bits per heavy atom. The third kappa shape index (κ3) is 14.7. The third-order valence-corrected chi connectivity index (χ3v) is 2.45. The molecule has 0 atom stereocenters. The minimum Gasteiger partial charge on any atom is -0.243 e. The Hall–Kier alpha value is 0.650. The molecule has 0 aromatic heterocycles. The Bertz CT molecular complexity index is 99.8. The highest BCUT2D eigenvalue weighted by molar-refractivity contribution is 14.1. The van der Waals surface area contributed by atoms with Gasteiger partial charge in [-0.2, -0.15) is 3.22 Å². The Morgan fingerprint density at radius 1 is 1.07 bits per heavy atom. The van der Waals surface area contributed by atoms with E-state index in [1.807, 2.05) is 17.1 Å². The Balaban J connectivity index is 0. The molecule has 0 aliphatic carbocycles. The van der Waals surface area contributed by atoms with Gasteiger partial charge in [-0.05, 0) is 12.8 Å². The second kappa shape index (κ2) is 14.6. The fourth-order valence-corrected chi connectivity index (χ4v) is 1.82. The van der Waals surface area contributed by atoms with Crippen LogP contribution < -0.4 is 5.43 Å². The summed E-state index contributed by atoms with van der Waals surface area (Å²) in [7, 11) is 2.06. The molecule has 0 heterocycles. The predicted octanol–water partition coefficient (Wildman–Crippen LogP) is 4.55. The van der Waals surface area contributed by atoms with Gasteiger partial charge in [0.05, 0.1) is 0 Å². The lowest BCUT2D eigenvalue weighted by atomic mass is 10.0. The summed E-state index contributed by atoms with van der Waals surface area (Å²) in [5.74, 6) is 0. The average Bonchev–Trinajstić information content (AvgIpc) is 2.24. The molecule has 0 saturated heterocycles. The first-order valence-corrected chi connectivity index (χ1v) is 7.32. The Labute approximate surface area is 111 Å². The van der Waals surface area contributed by atoms with E-state index in [0.717, 1.165) is 0 Å². The van der Waals surface area contributed by atoms with E-state index in [2.05, 4.69) is 49.2 Å². The van der Waals surface area contributed by atoms with E-state index >= 15 is 0 Å². The summed E-state index contributed by atoms with van der Waals surface area (Å²) in [4.78, 5) is 0. The summed E-state index contributed by atoms with van der Waals surface area (Å²) in [6.07, 6.45) is 7.90. The normalized spacial score (nSPS) is 10.4. The molecule has 0 spiro atoms. The van der Waals surface area contributed by atoms with Crippen molar-refractivity contribution in [3.63, 3.8) is 0 Å². The lowest BCUT2D eigenvalue weighted by molar-refractivity contribution is 0.321. The summed E-state index contributed by atoms with van der Waals surface area (Å²) >= 11 is 2.28. The second-order valence-corrected chi connectivity index (χ2v) is 5.03. The molecule has 0 rings (SSSR count). The molecule has 0 saturated carbocycles. The topological polar surface area (TPSA) is 15.3 Å². The van der Waals surface area contributed by atoms with Crippen molar-refractivity contribution < 1.29 is 0 Å². The zero-order valence-corrected chi connectivity index (χ0v) is 13.3. The van der Waals surface area contributed by atoms with Gasteiger partial charge >= 0.3 is 0 Å². The lowest BCUT2D eigenvalue weighted by Gasteiger charge is -2.21. The van der Waals surface area contributed by atoms with Crippen molar-refractivity contribution in [3.8, 4) is 0 Å². The molecule has 0 bridgehead atoms. The maximum atomic E-state index is 3.47. The van der Waals surface area contributed by atoms with Gasteiger partial charge in [0.15, 0.2) is 0 Å². The molecule has 0 aromatic rings. The molecular weight excluding hydrogens is 299 g/mol. The largest absolute Gasteiger partial charge is 0.243 e. The molecule has 15 heavy (non-hydrogen) atoms. The highest BCUT2D eigenvalue weighted by Gasteiger charge is 2.07. The summed E-state index contributed by atoms with van der Waals surface area (Å²) in [6, 6.07) is 0.682. The van der Waals surface area contributed by atoms with E-state index in [0.29, 0.717) is 6.04 Å². The minimum atomic E-state index is 0.682. The quantitative estimate of drug-likeness (QED) is 0.399. The Morgan fingerprint density at radius 2 is 1.47 bits per heavy atom. The van der Waals surface area contributed by atoms with E-state index in [4.69, 9.17) is 0 Å². The summed E-state index contributed by atoms with van der Waals surface area (Å²) in [6.45, 7) is 8.51. The number of hydrogen-bond donors (Lipinski definition) is 1. The van der Waals surface area contributed by atoms with Crippen LogP contribution in [0.15, 0.2) is 0 Å². The van der Waals surface area contributed by atoms with E-state index in [9.17, 15) is 0 Å². The molecular formula is C12H29IN2. The zero-order chi connectivity index (χ0) is 12.1. The van der Waals surface area contributed by atoms with Crippen molar-refractivity contribution in [2.24, 2.45) is 0 Å². The number of hydrazine groups is 1. The molecule has 0 radical (unpaired) electrons. The first-order chi connectivity index (χ1) is 7.20. The van der Waals surface area contributed by atoms with Crippen molar-refractivity contribution in [1.82, 2.24) is 8.65 Å². The minimum absolute atomic E-state index is 0.682. The standard InChI is InChI=1S/C10H23IN2.C2H6/c1-4-6-8-10(9-7-5-2)12-13(3)11;1-2/h10,12H,4-9H2,1-3H3;1-2H3. The Kier molecular flexibility index (Phi) is 17.6. The van der Waals surface area contributed by atoms with Gasteiger partial charge in [-0.3, -0.25) is 0 Å². The molecule has 3 heteroatoms. The van der Waals surface area contributed by atoms with Crippen molar-refractivity contribution in [2.45, 2.75) is 72.3 Å². The molecule has 0 fully saturated rings. The number of nitrogens with one attached hydrogen (secondary N) is 1. The van der Waals surface area contributed by atoms with Gasteiger partial charge in [-0.1, -0.05) is 53.4 Å². The molecule has 0 aliphatic heterocycles. The fraction of sp³-hybridized carbons (Fsp3) is 1.00. The monoisotopic (exact) mass is 328 g/mol. The number of nitrogens with zero attached hydrogens (tertiary/aromatic N) is 1. The SMILES string of the molecule is CC.CCCCC(CCCC)NN(C)I. The van der Waals surface area contributed by atoms with E-state index in [-0.39, 0.29) is 0 Å². The van der Waals surface area contributed by atoms with Crippen LogP contribution >= 0.6 is 22.9 Å². The van der Waals surface area contributed by atoms with Crippen molar-refractivity contribution in [2.75, 3.05) is 7.05 Å². The maximum Gasteiger partial charge on any atom is 0.0364 e. The van der Waals surface area contributed by atoms with Gasteiger partial charge in [0, 0.05) is 36.0 Å². The number of hydrogen-bond acceptors (Lipinski definition) is 2. The van der Waals surface area contributed by atoms with Crippen LogP contribution in [0.2, 0.25) is 0 Å². The van der Waals surface area contributed by atoms with Crippen LogP contribution in [0.3, 0.4) is 0 Å².